The molecular weight excluding hydrogens is 180 g/mol. The van der Waals surface area contributed by atoms with Crippen LogP contribution in [0.1, 0.15) is 25.7 Å². The van der Waals surface area contributed by atoms with Crippen LogP contribution in [0.2, 0.25) is 0 Å². The second-order valence-corrected chi connectivity index (χ2v) is 4.17. The Balaban J connectivity index is 1.92. The highest BCUT2D eigenvalue weighted by molar-refractivity contribution is 5.78. The van der Waals surface area contributed by atoms with E-state index >= 15 is 0 Å². The number of amides is 2. The van der Waals surface area contributed by atoms with Crippen molar-refractivity contribution in [3.63, 3.8) is 0 Å². The van der Waals surface area contributed by atoms with Gasteiger partial charge in [-0.05, 0) is 24.8 Å². The highest BCUT2D eigenvalue weighted by Crippen LogP contribution is 2.33. The number of nitrogens with one attached hydrogen (secondary N) is 2. The van der Waals surface area contributed by atoms with Crippen molar-refractivity contribution in [2.45, 2.75) is 37.8 Å². The van der Waals surface area contributed by atoms with Gasteiger partial charge in [0.05, 0.1) is 17.8 Å². The van der Waals surface area contributed by atoms with E-state index in [1.54, 1.807) is 0 Å². The molecule has 0 spiro atoms. The van der Waals surface area contributed by atoms with Gasteiger partial charge in [0, 0.05) is 6.42 Å². The fourth-order valence-corrected chi connectivity index (χ4v) is 2.59. The Morgan fingerprint density at radius 3 is 3.00 bits per heavy atom. The normalized spacial score (nSPS) is 35.3. The number of fused-ring (bicyclic) bond motifs is 2. The first kappa shape index (κ1) is 8.15. The number of urea groups is 1. The predicted octanol–water partition coefficient (Wildman–Crippen LogP) is 0.895. The van der Waals surface area contributed by atoms with Crippen molar-refractivity contribution in [3.8, 4) is 0 Å². The maximum absolute atomic E-state index is 11.2. The van der Waals surface area contributed by atoms with Crippen molar-refractivity contribution in [2.75, 3.05) is 6.61 Å². The van der Waals surface area contributed by atoms with Gasteiger partial charge >= 0.3 is 6.03 Å². The highest BCUT2D eigenvalue weighted by atomic mass is 16.5. The first-order valence-corrected chi connectivity index (χ1v) is 5.26. The summed E-state index contributed by atoms with van der Waals surface area (Å²) in [5, 5.41) is 5.85. The molecule has 0 aromatic carbocycles. The average Bonchev–Trinajstić information content (AvgIpc) is 2.59. The van der Waals surface area contributed by atoms with Crippen LogP contribution in [0, 0.1) is 0 Å². The summed E-state index contributed by atoms with van der Waals surface area (Å²) in [4.78, 5) is 11.2. The van der Waals surface area contributed by atoms with Crippen LogP contribution in [0.5, 0.6) is 0 Å². The molecule has 0 aromatic heterocycles. The van der Waals surface area contributed by atoms with Crippen molar-refractivity contribution in [3.05, 3.63) is 11.3 Å². The third-order valence-corrected chi connectivity index (χ3v) is 3.28. The lowest BCUT2D eigenvalue weighted by Gasteiger charge is -2.32. The van der Waals surface area contributed by atoms with Gasteiger partial charge in [-0.3, -0.25) is 0 Å². The summed E-state index contributed by atoms with van der Waals surface area (Å²) in [5.41, 5.74) is 1.32. The van der Waals surface area contributed by atoms with Crippen LogP contribution in [0.4, 0.5) is 4.79 Å². The second-order valence-electron chi connectivity index (χ2n) is 4.17. The zero-order chi connectivity index (χ0) is 9.54. The summed E-state index contributed by atoms with van der Waals surface area (Å²) in [5.74, 6) is 1.14. The monoisotopic (exact) mass is 194 g/mol. The number of allylic oxidation sites excluding steroid dienone is 1. The molecule has 0 saturated carbocycles. The van der Waals surface area contributed by atoms with Gasteiger partial charge in [-0.15, -0.1) is 0 Å². The molecule has 0 aromatic rings. The molecule has 3 rings (SSSR count). The molecule has 76 valence electrons. The summed E-state index contributed by atoms with van der Waals surface area (Å²) in [7, 11) is 0. The highest BCUT2D eigenvalue weighted by Gasteiger charge is 2.39. The summed E-state index contributed by atoms with van der Waals surface area (Å²) in [6.07, 6.45) is 4.58. The van der Waals surface area contributed by atoms with Crippen molar-refractivity contribution >= 4 is 6.03 Å². The number of carbonyl (C=O) groups is 1. The molecule has 2 heterocycles. The molecule has 1 saturated heterocycles. The molecule has 2 N–H and O–H groups in total. The number of carbonyl (C=O) groups excluding carboxylic acids is 1. The quantitative estimate of drug-likeness (QED) is 0.601. The minimum Gasteiger partial charge on any atom is -0.496 e. The molecule has 0 bridgehead atoms. The van der Waals surface area contributed by atoms with Gasteiger partial charge in [0.1, 0.15) is 6.61 Å². The predicted molar refractivity (Wildman–Crippen MR) is 50.7 cm³/mol. The Morgan fingerprint density at radius 2 is 2.07 bits per heavy atom. The Bertz CT molecular complexity index is 311. The van der Waals surface area contributed by atoms with E-state index in [9.17, 15) is 4.79 Å². The number of hydrogen-bond donors (Lipinski definition) is 2. The summed E-state index contributed by atoms with van der Waals surface area (Å²) in [6, 6.07) is 0.300. The summed E-state index contributed by atoms with van der Waals surface area (Å²) < 4.78 is 5.67. The van der Waals surface area contributed by atoms with Gasteiger partial charge < -0.3 is 15.4 Å². The van der Waals surface area contributed by atoms with E-state index in [-0.39, 0.29) is 18.1 Å². The first-order chi connectivity index (χ1) is 6.84. The summed E-state index contributed by atoms with van der Waals surface area (Å²) >= 11 is 0. The van der Waals surface area contributed by atoms with Gasteiger partial charge in [0.2, 0.25) is 0 Å². The fraction of sp³-hybridized carbons (Fsp3) is 0.700. The maximum atomic E-state index is 11.2. The number of rotatable bonds is 0. The lowest BCUT2D eigenvalue weighted by atomic mass is 9.88. The van der Waals surface area contributed by atoms with Gasteiger partial charge in [-0.25, -0.2) is 4.79 Å². The molecule has 2 aliphatic heterocycles. The minimum atomic E-state index is -0.0528. The fourth-order valence-electron chi connectivity index (χ4n) is 2.59. The van der Waals surface area contributed by atoms with Crippen LogP contribution >= 0.6 is 0 Å². The topological polar surface area (TPSA) is 50.4 Å². The van der Waals surface area contributed by atoms with E-state index in [0.717, 1.165) is 18.6 Å². The molecule has 14 heavy (non-hydrogen) atoms. The zero-order valence-electron chi connectivity index (χ0n) is 8.01. The van der Waals surface area contributed by atoms with Crippen molar-refractivity contribution in [1.29, 1.82) is 0 Å². The van der Waals surface area contributed by atoms with Gasteiger partial charge in [0.15, 0.2) is 0 Å². The Kier molecular flexibility index (Phi) is 1.69. The molecule has 3 aliphatic rings. The van der Waals surface area contributed by atoms with Crippen molar-refractivity contribution < 1.29 is 9.53 Å². The van der Waals surface area contributed by atoms with E-state index in [2.05, 4.69) is 10.6 Å². The molecule has 2 atom stereocenters. The third kappa shape index (κ3) is 1.10. The van der Waals surface area contributed by atoms with E-state index in [4.69, 9.17) is 4.74 Å². The molecule has 4 heteroatoms. The van der Waals surface area contributed by atoms with E-state index in [0.29, 0.717) is 6.61 Å². The Labute approximate surface area is 82.7 Å². The Hall–Kier alpha value is -1.19. The van der Waals surface area contributed by atoms with Crippen LogP contribution in [0.15, 0.2) is 11.3 Å². The SMILES string of the molecule is O=C1NC2COC3=C(CCCC3)C2N1. The standard InChI is InChI=1S/C10H14N2O2/c13-10-11-7-5-14-8-4-2-1-3-6(8)9(7)12-10/h7,9H,1-5H2,(H2,11,12,13). The van der Waals surface area contributed by atoms with E-state index in [1.807, 2.05) is 0 Å². The van der Waals surface area contributed by atoms with E-state index in [1.165, 1.54) is 18.4 Å². The van der Waals surface area contributed by atoms with Crippen molar-refractivity contribution in [2.24, 2.45) is 0 Å². The lowest BCUT2D eigenvalue weighted by molar-refractivity contribution is 0.140. The largest absolute Gasteiger partial charge is 0.496 e. The summed E-state index contributed by atoms with van der Waals surface area (Å²) in [6.45, 7) is 0.627. The maximum Gasteiger partial charge on any atom is 0.315 e. The van der Waals surface area contributed by atoms with Crippen LogP contribution in [0.3, 0.4) is 0 Å². The average molecular weight is 194 g/mol. The molecule has 4 nitrogen and oxygen atoms in total. The van der Waals surface area contributed by atoms with Crippen LogP contribution in [-0.4, -0.2) is 24.7 Å². The van der Waals surface area contributed by atoms with Crippen LogP contribution in [-0.2, 0) is 4.74 Å². The smallest absolute Gasteiger partial charge is 0.315 e. The molecule has 2 unspecified atom stereocenters. The van der Waals surface area contributed by atoms with Crippen LogP contribution < -0.4 is 10.6 Å². The van der Waals surface area contributed by atoms with Gasteiger partial charge in [-0.1, -0.05) is 0 Å². The minimum absolute atomic E-state index is 0.0528. The molecule has 0 radical (unpaired) electrons. The molecule has 1 fully saturated rings. The number of hydrogen-bond acceptors (Lipinski definition) is 2. The van der Waals surface area contributed by atoms with Crippen LogP contribution in [0.25, 0.3) is 0 Å². The molecule has 2 amide bonds. The zero-order valence-corrected chi connectivity index (χ0v) is 8.01. The van der Waals surface area contributed by atoms with E-state index < -0.39 is 0 Å². The second kappa shape index (κ2) is 2.90. The lowest BCUT2D eigenvalue weighted by Crippen LogP contribution is -2.43. The third-order valence-electron chi connectivity index (χ3n) is 3.28. The molecular formula is C10H14N2O2. The first-order valence-electron chi connectivity index (χ1n) is 5.26. The number of ether oxygens (including phenoxy) is 1. The Morgan fingerprint density at radius 1 is 1.21 bits per heavy atom. The molecule has 1 aliphatic carbocycles. The van der Waals surface area contributed by atoms with Crippen molar-refractivity contribution in [1.82, 2.24) is 10.6 Å². The van der Waals surface area contributed by atoms with Gasteiger partial charge in [0.25, 0.3) is 0 Å². The van der Waals surface area contributed by atoms with Gasteiger partial charge in [-0.2, -0.15) is 0 Å².